The average Bonchev–Trinajstić information content (AvgIpc) is 2.69. The Morgan fingerprint density at radius 1 is 1.15 bits per heavy atom. The molecule has 0 aliphatic heterocycles. The van der Waals surface area contributed by atoms with E-state index in [2.05, 4.69) is 79.3 Å². The third kappa shape index (κ3) is 3.33. The van der Waals surface area contributed by atoms with Crippen molar-refractivity contribution in [2.24, 2.45) is 0 Å². The van der Waals surface area contributed by atoms with Crippen LogP contribution in [-0.2, 0) is 5.41 Å². The second-order valence-electron chi connectivity index (χ2n) is 6.16. The highest BCUT2D eigenvalue weighted by atomic mass is 79.9. The van der Waals surface area contributed by atoms with Crippen LogP contribution in [0, 0.1) is 6.92 Å². The molecule has 0 aliphatic rings. The third-order valence-electron chi connectivity index (χ3n) is 3.50. The van der Waals surface area contributed by atoms with Gasteiger partial charge in [0.05, 0.1) is 6.04 Å². The van der Waals surface area contributed by atoms with Crippen LogP contribution >= 0.6 is 27.3 Å². The Bertz CT molecular complexity index is 578. The molecule has 108 valence electrons. The first-order valence-corrected chi connectivity index (χ1v) is 8.47. The van der Waals surface area contributed by atoms with Gasteiger partial charge in [0.2, 0.25) is 0 Å². The number of aryl methyl sites for hydroxylation is 1. The van der Waals surface area contributed by atoms with Crippen LogP contribution in [0.2, 0.25) is 0 Å². The molecule has 2 aromatic rings. The van der Waals surface area contributed by atoms with Crippen molar-refractivity contribution in [1.82, 2.24) is 5.32 Å². The van der Waals surface area contributed by atoms with Gasteiger partial charge in [-0.15, -0.1) is 11.3 Å². The standard InChI is InChI=1S/C17H22BrNS/c1-11-10-14(18)16(20-11)15(19-5)12-6-8-13(9-7-12)17(2,3)4/h6-10,15,19H,1-5H3. The summed E-state index contributed by atoms with van der Waals surface area (Å²) in [6.45, 7) is 8.89. The van der Waals surface area contributed by atoms with E-state index in [9.17, 15) is 0 Å². The topological polar surface area (TPSA) is 12.0 Å². The lowest BCUT2D eigenvalue weighted by molar-refractivity contribution is 0.589. The highest BCUT2D eigenvalue weighted by Gasteiger charge is 2.19. The second kappa shape index (κ2) is 6.00. The Morgan fingerprint density at radius 2 is 1.75 bits per heavy atom. The fraction of sp³-hybridized carbons (Fsp3) is 0.412. The molecule has 1 N–H and O–H groups in total. The van der Waals surface area contributed by atoms with Crippen LogP contribution in [0.5, 0.6) is 0 Å². The Morgan fingerprint density at radius 3 is 2.15 bits per heavy atom. The van der Waals surface area contributed by atoms with Crippen molar-refractivity contribution in [2.45, 2.75) is 39.2 Å². The van der Waals surface area contributed by atoms with Gasteiger partial charge in [0.25, 0.3) is 0 Å². The summed E-state index contributed by atoms with van der Waals surface area (Å²) in [7, 11) is 2.02. The summed E-state index contributed by atoms with van der Waals surface area (Å²) >= 11 is 5.51. The zero-order valence-electron chi connectivity index (χ0n) is 12.8. The van der Waals surface area contributed by atoms with Crippen LogP contribution in [0.1, 0.15) is 47.7 Å². The molecule has 2 rings (SSSR count). The molecule has 0 spiro atoms. The van der Waals surface area contributed by atoms with Gasteiger partial charge >= 0.3 is 0 Å². The molecule has 0 amide bonds. The molecule has 1 aromatic carbocycles. The van der Waals surface area contributed by atoms with E-state index in [1.165, 1.54) is 25.4 Å². The number of rotatable bonds is 3. The minimum absolute atomic E-state index is 0.202. The van der Waals surface area contributed by atoms with Crippen LogP contribution < -0.4 is 5.32 Å². The fourth-order valence-electron chi connectivity index (χ4n) is 2.32. The van der Waals surface area contributed by atoms with E-state index in [4.69, 9.17) is 0 Å². The Hall–Kier alpha value is -0.640. The summed E-state index contributed by atoms with van der Waals surface area (Å²) in [5, 5.41) is 3.43. The maximum absolute atomic E-state index is 3.67. The lowest BCUT2D eigenvalue weighted by atomic mass is 9.86. The highest BCUT2D eigenvalue weighted by Crippen LogP contribution is 2.36. The molecule has 0 saturated carbocycles. The molecule has 0 bridgehead atoms. The van der Waals surface area contributed by atoms with Gasteiger partial charge < -0.3 is 5.32 Å². The lowest BCUT2D eigenvalue weighted by Gasteiger charge is -2.21. The SMILES string of the molecule is CNC(c1ccc(C(C)(C)C)cc1)c1sc(C)cc1Br. The van der Waals surface area contributed by atoms with E-state index in [0.29, 0.717) is 0 Å². The zero-order valence-corrected chi connectivity index (χ0v) is 15.2. The molecule has 1 unspecified atom stereocenters. The van der Waals surface area contributed by atoms with E-state index >= 15 is 0 Å². The van der Waals surface area contributed by atoms with E-state index in [0.717, 1.165) is 0 Å². The number of thiophene rings is 1. The predicted octanol–water partition coefficient (Wildman–Crippen LogP) is 5.43. The van der Waals surface area contributed by atoms with Gasteiger partial charge in [-0.2, -0.15) is 0 Å². The number of nitrogens with one attached hydrogen (secondary N) is 1. The van der Waals surface area contributed by atoms with Gasteiger partial charge in [-0.3, -0.25) is 0 Å². The van der Waals surface area contributed by atoms with Crippen LogP contribution in [0.3, 0.4) is 0 Å². The Kier molecular flexibility index (Phi) is 4.73. The monoisotopic (exact) mass is 351 g/mol. The summed E-state index contributed by atoms with van der Waals surface area (Å²) in [6, 6.07) is 11.4. The van der Waals surface area contributed by atoms with Crippen LogP contribution in [-0.4, -0.2) is 7.05 Å². The maximum Gasteiger partial charge on any atom is 0.0680 e. The molecule has 0 radical (unpaired) electrons. The summed E-state index contributed by atoms with van der Waals surface area (Å²) in [5.74, 6) is 0. The molecule has 20 heavy (non-hydrogen) atoms. The normalized spacial score (nSPS) is 13.5. The first kappa shape index (κ1) is 15.7. The Labute approximate surface area is 134 Å². The summed E-state index contributed by atoms with van der Waals surface area (Å²) in [6.07, 6.45) is 0. The van der Waals surface area contributed by atoms with Crippen molar-refractivity contribution in [2.75, 3.05) is 7.05 Å². The molecule has 1 nitrogen and oxygen atoms in total. The first-order chi connectivity index (χ1) is 9.32. The van der Waals surface area contributed by atoms with E-state index in [1.807, 2.05) is 18.4 Å². The van der Waals surface area contributed by atoms with Gasteiger partial charge in [0.15, 0.2) is 0 Å². The largest absolute Gasteiger partial charge is 0.309 e. The van der Waals surface area contributed by atoms with E-state index in [1.54, 1.807) is 0 Å². The van der Waals surface area contributed by atoms with Crippen molar-refractivity contribution in [3.63, 3.8) is 0 Å². The van der Waals surface area contributed by atoms with Gasteiger partial charge in [-0.05, 0) is 52.5 Å². The van der Waals surface area contributed by atoms with Gasteiger partial charge in [-0.25, -0.2) is 0 Å². The van der Waals surface area contributed by atoms with Crippen LogP contribution in [0.4, 0.5) is 0 Å². The third-order valence-corrected chi connectivity index (χ3v) is 5.53. The minimum atomic E-state index is 0.202. The summed E-state index contributed by atoms with van der Waals surface area (Å²) in [5.41, 5.74) is 2.88. The molecular formula is C17H22BrNS. The second-order valence-corrected chi connectivity index (χ2v) is 8.31. The molecule has 0 saturated heterocycles. The highest BCUT2D eigenvalue weighted by molar-refractivity contribution is 9.10. The summed E-state index contributed by atoms with van der Waals surface area (Å²) < 4.78 is 1.19. The number of benzene rings is 1. The Balaban J connectivity index is 2.35. The van der Waals surface area contributed by atoms with Gasteiger partial charge in [0.1, 0.15) is 0 Å². The number of halogens is 1. The molecule has 1 aromatic heterocycles. The maximum atomic E-state index is 3.67. The molecule has 1 atom stereocenters. The van der Waals surface area contributed by atoms with E-state index < -0.39 is 0 Å². The fourth-order valence-corrected chi connectivity index (χ4v) is 4.34. The molecule has 3 heteroatoms. The zero-order chi connectivity index (χ0) is 14.9. The number of hydrogen-bond acceptors (Lipinski definition) is 2. The predicted molar refractivity (Wildman–Crippen MR) is 92.8 cm³/mol. The van der Waals surface area contributed by atoms with Crippen LogP contribution in [0.15, 0.2) is 34.8 Å². The van der Waals surface area contributed by atoms with Crippen LogP contribution in [0.25, 0.3) is 0 Å². The van der Waals surface area contributed by atoms with Gasteiger partial charge in [0, 0.05) is 14.2 Å². The van der Waals surface area contributed by atoms with Crippen molar-refractivity contribution < 1.29 is 0 Å². The van der Waals surface area contributed by atoms with Gasteiger partial charge in [-0.1, -0.05) is 45.0 Å². The molecule has 0 fully saturated rings. The van der Waals surface area contributed by atoms with Crippen molar-refractivity contribution in [3.05, 3.63) is 55.7 Å². The lowest BCUT2D eigenvalue weighted by Crippen LogP contribution is -2.17. The minimum Gasteiger partial charge on any atom is -0.309 e. The van der Waals surface area contributed by atoms with Crippen molar-refractivity contribution in [1.29, 1.82) is 0 Å². The summed E-state index contributed by atoms with van der Waals surface area (Å²) in [4.78, 5) is 2.67. The smallest absolute Gasteiger partial charge is 0.0680 e. The van der Waals surface area contributed by atoms with Crippen molar-refractivity contribution >= 4 is 27.3 Å². The van der Waals surface area contributed by atoms with E-state index in [-0.39, 0.29) is 11.5 Å². The van der Waals surface area contributed by atoms with Crippen molar-refractivity contribution in [3.8, 4) is 0 Å². The quantitative estimate of drug-likeness (QED) is 0.777. The molecule has 0 aliphatic carbocycles. The number of hydrogen-bond donors (Lipinski definition) is 1. The average molecular weight is 352 g/mol. The first-order valence-electron chi connectivity index (χ1n) is 6.86. The molecule has 1 heterocycles. The molecular weight excluding hydrogens is 330 g/mol.